The second kappa shape index (κ2) is 18.5. The van der Waals surface area contributed by atoms with Gasteiger partial charge in [-0.25, -0.2) is 28.6 Å². The number of imidazole rings is 2. The van der Waals surface area contributed by atoms with E-state index in [1.807, 2.05) is 22.6 Å². The first-order valence-corrected chi connectivity index (χ1v) is 20.6. The van der Waals surface area contributed by atoms with Crippen LogP contribution in [-0.2, 0) is 9.47 Å². The van der Waals surface area contributed by atoms with Gasteiger partial charge in [-0.15, -0.1) is 10.2 Å². The lowest BCUT2D eigenvalue weighted by molar-refractivity contribution is -0.133. The number of ether oxygens (including phenoxy) is 2. The first-order valence-electron chi connectivity index (χ1n) is 19.5. The van der Waals surface area contributed by atoms with Crippen LogP contribution in [0.25, 0.3) is 11.3 Å². The molecule has 0 bridgehead atoms. The number of carbonyl (C=O) groups is 2. The van der Waals surface area contributed by atoms with Gasteiger partial charge in [-0.2, -0.15) is 26.3 Å². The van der Waals surface area contributed by atoms with Gasteiger partial charge in [0.15, 0.2) is 11.3 Å². The molecule has 2 saturated carbocycles. The molecular weight excluding hydrogens is 901 g/mol. The molecule has 2 aliphatic carbocycles. The fourth-order valence-electron chi connectivity index (χ4n) is 6.65. The summed E-state index contributed by atoms with van der Waals surface area (Å²) in [6.45, 7) is 8.84. The van der Waals surface area contributed by atoms with Gasteiger partial charge in [0.2, 0.25) is 0 Å². The topological polar surface area (TPSA) is 144 Å². The Morgan fingerprint density at radius 2 is 1.17 bits per heavy atom. The molecule has 2 fully saturated rings. The molecule has 21 heteroatoms. The maximum atomic E-state index is 13.0. The Balaban J connectivity index is 0.000000224. The predicted octanol–water partition coefficient (Wildman–Crippen LogP) is 10.2. The van der Waals surface area contributed by atoms with Crippen molar-refractivity contribution < 1.29 is 45.4 Å². The number of alkyl halides is 6. The summed E-state index contributed by atoms with van der Waals surface area (Å²) in [7, 11) is 0. The maximum absolute atomic E-state index is 13.0. The van der Waals surface area contributed by atoms with Crippen LogP contribution >= 0.6 is 22.6 Å². The minimum absolute atomic E-state index is 0.226. The van der Waals surface area contributed by atoms with E-state index in [2.05, 4.69) is 30.8 Å². The molecule has 4 aromatic heterocycles. The van der Waals surface area contributed by atoms with Gasteiger partial charge < -0.3 is 20.1 Å². The smallest absolute Gasteiger partial charge is 0.414 e. The predicted molar refractivity (Wildman–Crippen MR) is 219 cm³/mol. The van der Waals surface area contributed by atoms with Gasteiger partial charge in [-0.05, 0) is 89.8 Å². The number of halogens is 7. The summed E-state index contributed by atoms with van der Waals surface area (Å²) in [5.41, 5.74) is -0.668. The Morgan fingerprint density at radius 3 is 1.61 bits per heavy atom. The number of fused-ring (bicyclic) bond motifs is 2. The molecule has 0 aromatic carbocycles. The van der Waals surface area contributed by atoms with Crippen molar-refractivity contribution in [3.05, 3.63) is 34.4 Å². The molecule has 0 aliphatic heterocycles. The highest BCUT2D eigenvalue weighted by atomic mass is 127. The number of aromatic nitrogens is 6. The summed E-state index contributed by atoms with van der Waals surface area (Å²) in [5.74, 6) is 0.971. The highest BCUT2D eigenvalue weighted by molar-refractivity contribution is 14.1. The molecule has 2 N–H and O–H groups in total. The normalized spacial score (nSPS) is 15.6. The van der Waals surface area contributed by atoms with Gasteiger partial charge in [0.1, 0.15) is 26.5 Å². The number of hydrogen-bond acceptors (Lipinski definition) is 10. The molecule has 4 heterocycles. The van der Waals surface area contributed by atoms with Gasteiger partial charge >= 0.3 is 24.5 Å². The molecule has 0 spiro atoms. The molecule has 0 atom stereocenters. The second-order valence-electron chi connectivity index (χ2n) is 16.6. The van der Waals surface area contributed by atoms with E-state index in [0.29, 0.717) is 21.0 Å². The fraction of sp³-hybridized carbons (Fsp3) is 0.632. The summed E-state index contributed by atoms with van der Waals surface area (Å²) in [6.07, 6.45) is 0.247. The minimum atomic E-state index is -4.42. The van der Waals surface area contributed by atoms with E-state index < -0.39 is 61.7 Å². The lowest BCUT2D eigenvalue weighted by atomic mass is 10.2. The third-order valence-electron chi connectivity index (χ3n) is 9.21. The van der Waals surface area contributed by atoms with Crippen molar-refractivity contribution >= 4 is 69.1 Å². The van der Waals surface area contributed by atoms with Gasteiger partial charge in [0.05, 0.1) is 30.4 Å². The SMILES string of the molecule is CC(C)(C)OC(=O)N(CCC(F)(F)F)c1cc(NC2CCCC2)nn2c(I)cnc12.CC(C)(C)OC(=O)N(CCC(F)(F)F)c1cc(NC2CCCC2)nn2ccnc12. The first-order chi connectivity index (χ1) is 27.4. The van der Waals surface area contributed by atoms with Crippen LogP contribution < -0.4 is 20.4 Å². The lowest BCUT2D eigenvalue weighted by Crippen LogP contribution is -2.39. The number of nitrogens with one attached hydrogen (secondary N) is 2. The van der Waals surface area contributed by atoms with Crippen LogP contribution in [-0.4, -0.2) is 90.1 Å². The van der Waals surface area contributed by atoms with E-state index in [0.717, 1.165) is 61.2 Å². The third kappa shape index (κ3) is 13.6. The number of carbonyl (C=O) groups excluding carboxylic acids is 2. The van der Waals surface area contributed by atoms with E-state index in [9.17, 15) is 35.9 Å². The van der Waals surface area contributed by atoms with Crippen molar-refractivity contribution in [2.24, 2.45) is 0 Å². The summed E-state index contributed by atoms with van der Waals surface area (Å²) >= 11 is 2.04. The van der Waals surface area contributed by atoms with Crippen LogP contribution in [0.15, 0.2) is 30.7 Å². The number of anilines is 4. The van der Waals surface area contributed by atoms with Gasteiger partial charge in [0, 0.05) is 49.7 Å². The number of hydrogen-bond donors (Lipinski definition) is 2. The molecular formula is C38H51F6IN10O4. The van der Waals surface area contributed by atoms with E-state index in [1.165, 1.54) is 15.2 Å². The highest BCUT2D eigenvalue weighted by Crippen LogP contribution is 2.32. The Hall–Kier alpha value is -4.31. The zero-order valence-electron chi connectivity index (χ0n) is 33.9. The van der Waals surface area contributed by atoms with Crippen LogP contribution in [0, 0.1) is 3.70 Å². The summed E-state index contributed by atoms with van der Waals surface area (Å²) in [5, 5.41) is 15.6. The Bertz CT molecular complexity index is 2050. The van der Waals surface area contributed by atoms with Crippen LogP contribution in [0.2, 0.25) is 0 Å². The van der Waals surface area contributed by atoms with E-state index in [4.69, 9.17) is 9.47 Å². The number of amides is 2. The third-order valence-corrected chi connectivity index (χ3v) is 9.94. The summed E-state index contributed by atoms with van der Waals surface area (Å²) in [4.78, 5) is 36.0. The first kappa shape index (κ1) is 45.8. The van der Waals surface area contributed by atoms with Gasteiger partial charge in [-0.3, -0.25) is 9.80 Å². The highest BCUT2D eigenvalue weighted by Gasteiger charge is 2.35. The molecule has 4 aromatic rings. The molecule has 0 saturated heterocycles. The Morgan fingerprint density at radius 1 is 0.729 bits per heavy atom. The molecule has 6 rings (SSSR count). The average molecular weight is 953 g/mol. The Labute approximate surface area is 351 Å². The molecule has 14 nitrogen and oxygen atoms in total. The van der Waals surface area contributed by atoms with Crippen molar-refractivity contribution in [2.75, 3.05) is 33.5 Å². The number of nitrogens with zero attached hydrogens (tertiary/aromatic N) is 8. The average Bonchev–Trinajstić information content (AvgIpc) is 3.93. The van der Waals surface area contributed by atoms with Crippen LogP contribution in [0.4, 0.5) is 58.9 Å². The molecule has 0 radical (unpaired) electrons. The number of rotatable bonds is 10. The van der Waals surface area contributed by atoms with Gasteiger partial charge in [0.25, 0.3) is 0 Å². The summed E-state index contributed by atoms with van der Waals surface area (Å²) in [6, 6.07) is 3.65. The van der Waals surface area contributed by atoms with Crippen LogP contribution in [0.1, 0.15) is 106 Å². The van der Waals surface area contributed by atoms with Crippen molar-refractivity contribution in [3.8, 4) is 0 Å². The standard InChI is InChI=1S/C19H25F3IN5O2.C19H26F3N5O2/c1-18(2,3)30-17(29)27(9-8-19(20,21)22)13-10-15(25-12-6-4-5-7-12)26-28-14(23)11-24-16(13)28;1-18(2,3)29-17(28)26(10-8-19(20,21)22)14-12-15(24-13-6-4-5-7-13)25-27-11-9-23-16(14)27/h10-12H,4-9H2,1-3H3,(H,25,26);9,11-13H,4-8,10H2,1-3H3,(H,24,25). The fourth-order valence-corrected chi connectivity index (χ4v) is 7.13. The van der Waals surface area contributed by atoms with Crippen molar-refractivity contribution in [3.63, 3.8) is 0 Å². The zero-order chi connectivity index (χ0) is 43.3. The van der Waals surface area contributed by atoms with Crippen LogP contribution in [0.5, 0.6) is 0 Å². The molecule has 59 heavy (non-hydrogen) atoms. The molecule has 2 aliphatic rings. The quantitative estimate of drug-likeness (QED) is 0.116. The monoisotopic (exact) mass is 952 g/mol. The molecule has 2 amide bonds. The Kier molecular flexibility index (Phi) is 14.4. The lowest BCUT2D eigenvalue weighted by Gasteiger charge is -2.28. The minimum Gasteiger partial charge on any atom is -0.443 e. The van der Waals surface area contributed by atoms with Crippen molar-refractivity contribution in [1.29, 1.82) is 0 Å². The zero-order valence-corrected chi connectivity index (χ0v) is 36.0. The van der Waals surface area contributed by atoms with Crippen LogP contribution in [0.3, 0.4) is 0 Å². The van der Waals surface area contributed by atoms with E-state index >= 15 is 0 Å². The van der Waals surface area contributed by atoms with E-state index in [1.54, 1.807) is 66.1 Å². The van der Waals surface area contributed by atoms with Crippen molar-refractivity contribution in [1.82, 2.24) is 29.2 Å². The molecule has 326 valence electrons. The largest absolute Gasteiger partial charge is 0.443 e. The van der Waals surface area contributed by atoms with Gasteiger partial charge in [-0.1, -0.05) is 25.7 Å². The summed E-state index contributed by atoms with van der Waals surface area (Å²) < 4.78 is 92.1. The van der Waals surface area contributed by atoms with E-state index in [-0.39, 0.29) is 29.1 Å². The molecule has 0 unspecified atom stereocenters. The second-order valence-corrected chi connectivity index (χ2v) is 17.7. The maximum Gasteiger partial charge on any atom is 0.414 e. The van der Waals surface area contributed by atoms with Crippen molar-refractivity contribution in [2.45, 2.75) is 141 Å².